The molecule has 0 saturated heterocycles. The van der Waals surface area contributed by atoms with Crippen LogP contribution < -0.4 is 112 Å². The molecule has 0 bridgehead atoms. The molecule has 160 valence electrons. The van der Waals surface area contributed by atoms with Gasteiger partial charge in [0.25, 0.3) is 0 Å². The minimum atomic E-state index is -5.61. The first-order valence-electron chi connectivity index (χ1n) is 4.26. The van der Waals surface area contributed by atoms with E-state index in [2.05, 4.69) is 0 Å². The molecule has 0 aromatic heterocycles. The molecule has 27 heteroatoms. The van der Waals surface area contributed by atoms with Crippen LogP contribution in [-0.2, 0) is 0 Å². The Morgan fingerprint density at radius 1 is 0.370 bits per heavy atom. The summed E-state index contributed by atoms with van der Waals surface area (Å²) in [5, 5.41) is 0. The summed E-state index contributed by atoms with van der Waals surface area (Å²) in [5.41, 5.74) is 0. The zero-order valence-corrected chi connectivity index (χ0v) is 24.3. The molecule has 0 saturated carbocycles. The van der Waals surface area contributed by atoms with E-state index in [0.717, 1.165) is 0 Å². The van der Waals surface area contributed by atoms with Gasteiger partial charge in [0.1, 0.15) is 0 Å². The van der Waals surface area contributed by atoms with Crippen molar-refractivity contribution < 1.29 is 195 Å². The summed E-state index contributed by atoms with van der Waals surface area (Å²) in [5.74, 6) is 0. The van der Waals surface area contributed by atoms with Crippen molar-refractivity contribution in [2.75, 3.05) is 0 Å². The van der Waals surface area contributed by atoms with Gasteiger partial charge in [-0.3, -0.25) is 0 Å². The molecular formula is H13F5K2O15Si5. The number of halogens is 5. The van der Waals surface area contributed by atoms with Gasteiger partial charge in [-0.1, -0.05) is 0 Å². The average Bonchev–Trinajstić information content (AvgIpc) is 1.79. The predicted octanol–water partition coefficient (Wildman–Crippen LogP) is -15.4. The van der Waals surface area contributed by atoms with Crippen molar-refractivity contribution in [3.63, 3.8) is 0 Å². The number of hydrogen-bond donors (Lipinski definition) is 13. The van der Waals surface area contributed by atoms with Crippen molar-refractivity contribution in [1.82, 2.24) is 0 Å². The third kappa shape index (κ3) is 1900. The fourth-order valence-electron chi connectivity index (χ4n) is 0. The van der Waals surface area contributed by atoms with Crippen LogP contribution in [0.3, 0.4) is 0 Å². The zero-order valence-electron chi connectivity index (χ0n) is 13.0. The maximum absolute atomic E-state index is 10.5. The van der Waals surface area contributed by atoms with Crippen LogP contribution >= 0.6 is 0 Å². The number of hydrogen-bond acceptors (Lipinski definition) is 15. The molecule has 27 heavy (non-hydrogen) atoms. The summed E-state index contributed by atoms with van der Waals surface area (Å²) >= 11 is 0. The summed E-state index contributed by atoms with van der Waals surface area (Å²) in [6.45, 7) is 0. The van der Waals surface area contributed by atoms with E-state index in [9.17, 15) is 20.5 Å². The van der Waals surface area contributed by atoms with Gasteiger partial charge in [-0.25, -0.2) is 16.4 Å². The molecule has 0 amide bonds. The molecule has 0 aliphatic carbocycles. The minimum absolute atomic E-state index is 0. The Morgan fingerprint density at radius 2 is 0.370 bits per heavy atom. The maximum atomic E-state index is 10.5. The van der Waals surface area contributed by atoms with Crippen molar-refractivity contribution in [3.8, 4) is 0 Å². The normalized spacial score (nSPS) is 11.1. The molecular weight excluding hydrogens is 554 g/mol. The first-order valence-corrected chi connectivity index (χ1v) is 12.8. The minimum Gasteiger partial charge on any atom is -0.825 e. The first kappa shape index (κ1) is 48.0. The van der Waals surface area contributed by atoms with E-state index in [1.807, 2.05) is 0 Å². The van der Waals surface area contributed by atoms with Gasteiger partial charge in [0.2, 0.25) is 9.14 Å². The quantitative estimate of drug-likeness (QED) is 0.0735. The third-order valence-corrected chi connectivity index (χ3v) is 0. The van der Waals surface area contributed by atoms with E-state index < -0.39 is 45.7 Å². The molecule has 0 aliphatic rings. The standard InChI is InChI=1S/4FH3O3Si.FHO3Si.2K/c5*1-5(2,3)4;;/h4*2-4H;2H;;/q;;;;-2;2*+1. The fourth-order valence-corrected chi connectivity index (χ4v) is 0. The summed E-state index contributed by atoms with van der Waals surface area (Å²) in [4.78, 5) is 109. The number of rotatable bonds is 0. The first-order chi connectivity index (χ1) is 10.0. The van der Waals surface area contributed by atoms with Gasteiger partial charge in [-0.2, -0.15) is 0 Å². The van der Waals surface area contributed by atoms with Gasteiger partial charge in [0.05, 0.1) is 0 Å². The van der Waals surface area contributed by atoms with Gasteiger partial charge in [-0.05, 0) is 0 Å². The van der Waals surface area contributed by atoms with Crippen LogP contribution in [0.1, 0.15) is 0 Å². The van der Waals surface area contributed by atoms with Crippen LogP contribution in [-0.4, -0.2) is 108 Å². The van der Waals surface area contributed by atoms with E-state index in [-0.39, 0.29) is 103 Å². The SMILES string of the molecule is O[Si](O)(O)F.O[Si](O)(O)F.O[Si](O)(O)F.O[Si](O)(O)F.[K+].[K+].[O-][Si]([O-])(O)F. The zero-order chi connectivity index (χ0) is 22.5. The molecule has 15 nitrogen and oxygen atoms in total. The second-order valence-electron chi connectivity index (χ2n) is 2.72. The van der Waals surface area contributed by atoms with Crippen LogP contribution in [0, 0.1) is 0 Å². The van der Waals surface area contributed by atoms with E-state index in [1.54, 1.807) is 0 Å². The molecule has 0 radical (unpaired) electrons. The average molecular weight is 567 g/mol. The molecule has 0 spiro atoms. The second-order valence-corrected chi connectivity index (χ2v) is 8.16. The van der Waals surface area contributed by atoms with E-state index in [0.29, 0.717) is 0 Å². The molecule has 0 atom stereocenters. The van der Waals surface area contributed by atoms with E-state index in [4.69, 9.17) is 71.9 Å². The van der Waals surface area contributed by atoms with Crippen molar-refractivity contribution in [2.24, 2.45) is 0 Å². The van der Waals surface area contributed by atoms with Gasteiger partial charge in [0.15, 0.2) is 0 Å². The Hall–Kier alpha value is 3.41. The largest absolute Gasteiger partial charge is 1.00 e. The molecule has 13 N–H and O–H groups in total. The monoisotopic (exact) mass is 566 g/mol. The van der Waals surface area contributed by atoms with Crippen molar-refractivity contribution in [3.05, 3.63) is 0 Å². The van der Waals surface area contributed by atoms with Crippen molar-refractivity contribution in [2.45, 2.75) is 0 Å². The van der Waals surface area contributed by atoms with Gasteiger partial charge >= 0.3 is 139 Å². The Labute approximate surface area is 237 Å². The molecule has 0 fully saturated rings. The van der Waals surface area contributed by atoms with Crippen molar-refractivity contribution >= 4 is 45.7 Å². The van der Waals surface area contributed by atoms with Gasteiger partial charge in [-0.15, -0.1) is 0 Å². The predicted molar refractivity (Wildman–Crippen MR) is 63.2 cm³/mol. The molecule has 0 unspecified atom stereocenters. The molecule has 0 aromatic rings. The smallest absolute Gasteiger partial charge is 0.825 e. The molecule has 0 rings (SSSR count). The summed E-state index contributed by atoms with van der Waals surface area (Å²) in [7, 11) is -26.1. The summed E-state index contributed by atoms with van der Waals surface area (Å²) < 4.78 is 52.2. The maximum Gasteiger partial charge on any atom is 1.00 e. The van der Waals surface area contributed by atoms with Crippen LogP contribution in [0.5, 0.6) is 0 Å². The van der Waals surface area contributed by atoms with E-state index >= 15 is 0 Å². The summed E-state index contributed by atoms with van der Waals surface area (Å²) in [6, 6.07) is 0. The Kier molecular flexibility index (Phi) is 37.8. The summed E-state index contributed by atoms with van der Waals surface area (Å²) in [6.07, 6.45) is 0. The van der Waals surface area contributed by atoms with Crippen LogP contribution in [0.25, 0.3) is 0 Å². The fraction of sp³-hybridized carbons (Fsp3) is 0. The second kappa shape index (κ2) is 21.3. The molecule has 0 aliphatic heterocycles. The van der Waals surface area contributed by atoms with Crippen LogP contribution in [0.2, 0.25) is 0 Å². The Bertz CT molecular complexity index is 192. The van der Waals surface area contributed by atoms with Gasteiger partial charge < -0.3 is 76.0 Å². The molecule has 0 aromatic carbocycles. The van der Waals surface area contributed by atoms with Gasteiger partial charge in [0, 0.05) is 0 Å². The molecule has 0 heterocycles. The Balaban J connectivity index is -0.0000000364. The Morgan fingerprint density at radius 3 is 0.370 bits per heavy atom. The third-order valence-electron chi connectivity index (χ3n) is 0. The van der Waals surface area contributed by atoms with Crippen LogP contribution in [0.15, 0.2) is 0 Å². The van der Waals surface area contributed by atoms with Crippen LogP contribution in [0.4, 0.5) is 20.5 Å². The van der Waals surface area contributed by atoms with Crippen molar-refractivity contribution in [1.29, 1.82) is 0 Å². The van der Waals surface area contributed by atoms with E-state index in [1.165, 1.54) is 0 Å². The topological polar surface area (TPSA) is 309 Å².